The van der Waals surface area contributed by atoms with Crippen molar-refractivity contribution in [3.05, 3.63) is 36.6 Å². The molecule has 0 bridgehead atoms. The molecule has 3 nitrogen and oxygen atoms in total. The summed E-state index contributed by atoms with van der Waals surface area (Å²) < 4.78 is 4.66. The second-order valence-electron chi connectivity index (χ2n) is 2.43. The van der Waals surface area contributed by atoms with Crippen molar-refractivity contribution in [2.45, 2.75) is 0 Å². The fourth-order valence-electron chi connectivity index (χ4n) is 0.965. The van der Waals surface area contributed by atoms with Gasteiger partial charge in [-0.25, -0.2) is 0 Å². The molecule has 0 aliphatic rings. The van der Waals surface area contributed by atoms with Crippen LogP contribution in [0.4, 0.5) is 5.69 Å². The number of hydrogen-bond acceptors (Lipinski definition) is 3. The normalized spacial score (nSPS) is 10.0. The highest BCUT2D eigenvalue weighted by atomic mass is 16.5. The first-order chi connectivity index (χ1) is 5.86. The van der Waals surface area contributed by atoms with Gasteiger partial charge in [-0.15, -0.1) is 0 Å². The number of benzene rings is 1. The van der Waals surface area contributed by atoms with Crippen LogP contribution in [0.1, 0.15) is 0 Å². The molecule has 0 aliphatic carbocycles. The third kappa shape index (κ3) is 1.16. The molecule has 59 valence electrons. The Morgan fingerprint density at radius 1 is 1.25 bits per heavy atom. The van der Waals surface area contributed by atoms with Gasteiger partial charge in [0.2, 0.25) is 0 Å². The van der Waals surface area contributed by atoms with Gasteiger partial charge in [-0.2, -0.15) is 0 Å². The standard InChI is InChI=1S/C9H7N2O/c10-8-3-1-7(2-4-8)9-5-6-12-11-9/h1-4,6H,10H2. The van der Waals surface area contributed by atoms with E-state index in [4.69, 9.17) is 5.73 Å². The number of nitrogen functional groups attached to an aromatic ring is 1. The van der Waals surface area contributed by atoms with Gasteiger partial charge in [-0.1, -0.05) is 17.3 Å². The first kappa shape index (κ1) is 6.91. The Kier molecular flexibility index (Phi) is 1.55. The molecule has 0 aliphatic heterocycles. The summed E-state index contributed by atoms with van der Waals surface area (Å²) in [6.07, 6.45) is 1.42. The Morgan fingerprint density at radius 2 is 2.00 bits per heavy atom. The van der Waals surface area contributed by atoms with Gasteiger partial charge < -0.3 is 10.3 Å². The minimum absolute atomic E-state index is 0.704. The summed E-state index contributed by atoms with van der Waals surface area (Å²) in [6, 6.07) is 10.2. The maximum atomic E-state index is 5.53. The summed E-state index contributed by atoms with van der Waals surface area (Å²) >= 11 is 0. The topological polar surface area (TPSA) is 52.0 Å². The predicted octanol–water partition coefficient (Wildman–Crippen LogP) is 1.72. The largest absolute Gasteiger partial charge is 0.399 e. The summed E-state index contributed by atoms with van der Waals surface area (Å²) in [5.74, 6) is 0. The van der Waals surface area contributed by atoms with E-state index in [2.05, 4.69) is 15.7 Å². The molecule has 3 heteroatoms. The highest BCUT2D eigenvalue weighted by molar-refractivity contribution is 5.60. The molecule has 2 aromatic rings. The van der Waals surface area contributed by atoms with Crippen LogP contribution in [0.5, 0.6) is 0 Å². The van der Waals surface area contributed by atoms with Crippen LogP contribution in [0.15, 0.2) is 35.1 Å². The molecule has 1 radical (unpaired) electrons. The molecule has 0 fully saturated rings. The second-order valence-corrected chi connectivity index (χ2v) is 2.43. The number of nitrogens with two attached hydrogens (primary N) is 1. The van der Waals surface area contributed by atoms with Gasteiger partial charge in [0.25, 0.3) is 0 Å². The fourth-order valence-corrected chi connectivity index (χ4v) is 0.965. The first-order valence-electron chi connectivity index (χ1n) is 3.54. The second kappa shape index (κ2) is 2.70. The van der Waals surface area contributed by atoms with E-state index < -0.39 is 0 Å². The number of hydrogen-bond donors (Lipinski definition) is 1. The Morgan fingerprint density at radius 3 is 2.58 bits per heavy atom. The number of nitrogens with zero attached hydrogens (tertiary/aromatic N) is 1. The van der Waals surface area contributed by atoms with E-state index in [1.54, 1.807) is 0 Å². The zero-order valence-electron chi connectivity index (χ0n) is 6.32. The lowest BCUT2D eigenvalue weighted by Gasteiger charge is -1.94. The number of aromatic nitrogens is 1. The van der Waals surface area contributed by atoms with Crippen LogP contribution in [-0.2, 0) is 0 Å². The summed E-state index contributed by atoms with van der Waals surface area (Å²) in [6.45, 7) is 0. The Balaban J connectivity index is 2.43. The van der Waals surface area contributed by atoms with Crippen molar-refractivity contribution in [1.29, 1.82) is 0 Å². The molecule has 1 heterocycles. The van der Waals surface area contributed by atoms with Crippen LogP contribution < -0.4 is 5.73 Å². The lowest BCUT2D eigenvalue weighted by atomic mass is 10.1. The van der Waals surface area contributed by atoms with Gasteiger partial charge in [0, 0.05) is 11.3 Å². The molecule has 0 saturated heterocycles. The van der Waals surface area contributed by atoms with Gasteiger partial charge in [0.15, 0.2) is 0 Å². The minimum atomic E-state index is 0.704. The van der Waals surface area contributed by atoms with Gasteiger partial charge >= 0.3 is 0 Å². The van der Waals surface area contributed by atoms with Crippen molar-refractivity contribution in [1.82, 2.24) is 5.16 Å². The summed E-state index contributed by atoms with van der Waals surface area (Å²) in [5.41, 5.74) is 7.92. The van der Waals surface area contributed by atoms with Crippen LogP contribution in [-0.4, -0.2) is 5.16 Å². The van der Waals surface area contributed by atoms with Gasteiger partial charge in [0.05, 0.1) is 6.07 Å². The molecule has 0 saturated carbocycles. The van der Waals surface area contributed by atoms with Crippen LogP contribution in [0, 0.1) is 6.07 Å². The van der Waals surface area contributed by atoms with Gasteiger partial charge in [0.1, 0.15) is 12.0 Å². The van der Waals surface area contributed by atoms with Crippen molar-refractivity contribution < 1.29 is 4.52 Å². The molecule has 0 amide bonds. The molecule has 2 rings (SSSR count). The Bertz CT molecular complexity index is 351. The highest BCUT2D eigenvalue weighted by Gasteiger charge is 1.99. The average Bonchev–Trinajstić information content (AvgIpc) is 2.58. The van der Waals surface area contributed by atoms with E-state index in [1.807, 2.05) is 24.3 Å². The smallest absolute Gasteiger partial charge is 0.132 e. The fraction of sp³-hybridized carbons (Fsp3) is 0. The van der Waals surface area contributed by atoms with E-state index in [-0.39, 0.29) is 0 Å². The maximum Gasteiger partial charge on any atom is 0.132 e. The molecular weight excluding hydrogens is 152 g/mol. The van der Waals surface area contributed by atoms with Crippen LogP contribution in [0.2, 0.25) is 0 Å². The van der Waals surface area contributed by atoms with Crippen LogP contribution in [0.3, 0.4) is 0 Å². The zero-order chi connectivity index (χ0) is 8.39. The van der Waals surface area contributed by atoms with E-state index in [9.17, 15) is 0 Å². The first-order valence-corrected chi connectivity index (χ1v) is 3.54. The predicted molar refractivity (Wildman–Crippen MR) is 45.2 cm³/mol. The number of rotatable bonds is 1. The van der Waals surface area contributed by atoms with E-state index in [0.717, 1.165) is 11.3 Å². The molecule has 0 atom stereocenters. The Labute approximate surface area is 69.8 Å². The monoisotopic (exact) mass is 159 g/mol. The number of anilines is 1. The van der Waals surface area contributed by atoms with E-state index in [0.29, 0.717) is 5.69 Å². The third-order valence-corrected chi connectivity index (χ3v) is 1.58. The quantitative estimate of drug-likeness (QED) is 0.644. The van der Waals surface area contributed by atoms with Crippen molar-refractivity contribution in [3.63, 3.8) is 0 Å². The summed E-state index contributed by atoms with van der Waals surface area (Å²) in [5, 5.41) is 3.74. The van der Waals surface area contributed by atoms with Crippen molar-refractivity contribution in [3.8, 4) is 11.3 Å². The molecular formula is C9H7N2O. The molecule has 2 N–H and O–H groups in total. The van der Waals surface area contributed by atoms with Gasteiger partial charge in [-0.3, -0.25) is 0 Å². The van der Waals surface area contributed by atoms with Crippen LogP contribution >= 0.6 is 0 Å². The van der Waals surface area contributed by atoms with Crippen molar-refractivity contribution >= 4 is 5.69 Å². The lowest BCUT2D eigenvalue weighted by Crippen LogP contribution is -1.83. The van der Waals surface area contributed by atoms with Crippen molar-refractivity contribution in [2.24, 2.45) is 0 Å². The summed E-state index contributed by atoms with van der Waals surface area (Å²) in [7, 11) is 0. The molecule has 0 unspecified atom stereocenters. The van der Waals surface area contributed by atoms with Crippen LogP contribution in [0.25, 0.3) is 11.3 Å². The average molecular weight is 159 g/mol. The maximum absolute atomic E-state index is 5.53. The minimum Gasteiger partial charge on any atom is -0.399 e. The lowest BCUT2D eigenvalue weighted by molar-refractivity contribution is 0.422. The molecule has 0 spiro atoms. The third-order valence-electron chi connectivity index (χ3n) is 1.58. The van der Waals surface area contributed by atoms with Gasteiger partial charge in [-0.05, 0) is 12.1 Å². The molecule has 1 aromatic carbocycles. The summed E-state index contributed by atoms with van der Waals surface area (Å²) in [4.78, 5) is 0. The highest BCUT2D eigenvalue weighted by Crippen LogP contribution is 2.17. The molecule has 12 heavy (non-hydrogen) atoms. The molecule has 1 aromatic heterocycles. The van der Waals surface area contributed by atoms with E-state index >= 15 is 0 Å². The zero-order valence-corrected chi connectivity index (χ0v) is 6.32. The van der Waals surface area contributed by atoms with E-state index in [1.165, 1.54) is 6.26 Å². The van der Waals surface area contributed by atoms with Crippen molar-refractivity contribution in [2.75, 3.05) is 5.73 Å². The SMILES string of the molecule is Nc1ccc(-c2[c]con2)cc1. The Hall–Kier alpha value is -1.77.